The lowest BCUT2D eigenvalue weighted by Crippen LogP contribution is -2.37. The van der Waals surface area contributed by atoms with E-state index < -0.39 is 5.41 Å². The average molecular weight is 448 g/mol. The summed E-state index contributed by atoms with van der Waals surface area (Å²) in [7, 11) is 3.23. The van der Waals surface area contributed by atoms with Crippen molar-refractivity contribution in [3.63, 3.8) is 0 Å². The zero-order valence-corrected chi connectivity index (χ0v) is 19.4. The van der Waals surface area contributed by atoms with Crippen molar-refractivity contribution < 1.29 is 14.0 Å². The molecule has 4 N–H and O–H groups in total. The number of aromatic nitrogens is 2. The summed E-state index contributed by atoms with van der Waals surface area (Å²) < 4.78 is 6.06. The Labute approximate surface area is 193 Å². The van der Waals surface area contributed by atoms with Crippen LogP contribution in [0.25, 0.3) is 0 Å². The van der Waals surface area contributed by atoms with Crippen LogP contribution in [0, 0.1) is 6.92 Å². The zero-order valence-electron chi connectivity index (χ0n) is 19.4. The van der Waals surface area contributed by atoms with Crippen LogP contribution in [0.2, 0.25) is 0 Å². The molecule has 0 saturated heterocycles. The first kappa shape index (κ1) is 22.7. The average Bonchev–Trinajstić information content (AvgIpc) is 3.21. The van der Waals surface area contributed by atoms with Gasteiger partial charge in [-0.05, 0) is 72.7 Å². The Hall–Kier alpha value is -3.52. The number of hydrogen-bond donors (Lipinski definition) is 3. The Morgan fingerprint density at radius 3 is 1.91 bits per heavy atom. The minimum atomic E-state index is -0.807. The van der Waals surface area contributed by atoms with E-state index in [0.717, 1.165) is 22.3 Å². The summed E-state index contributed by atoms with van der Waals surface area (Å²) in [6.07, 6.45) is 1.91. The predicted octanol–water partition coefficient (Wildman–Crippen LogP) is 2.27. The molecule has 4 rings (SSSR count). The molecule has 0 radical (unpaired) electrons. The first-order valence-electron chi connectivity index (χ1n) is 11.1. The lowest BCUT2D eigenvalue weighted by Gasteiger charge is -2.35. The molecule has 0 saturated carbocycles. The fourth-order valence-corrected chi connectivity index (χ4v) is 4.91. The monoisotopic (exact) mass is 447 g/mol. The zero-order chi connectivity index (χ0) is 23.8. The molecule has 8 nitrogen and oxygen atoms in total. The minimum absolute atomic E-state index is 0.145. The maximum Gasteiger partial charge on any atom is 0.251 e. The van der Waals surface area contributed by atoms with Crippen LogP contribution in [-0.4, -0.2) is 42.1 Å². The normalized spacial score (nSPS) is 15.1. The van der Waals surface area contributed by atoms with Crippen LogP contribution >= 0.6 is 0 Å². The second-order valence-electron chi connectivity index (χ2n) is 8.62. The number of nitrogens with one attached hydrogen (secondary N) is 2. The molecule has 8 heteroatoms. The highest BCUT2D eigenvalue weighted by Crippen LogP contribution is 2.47. The molecule has 172 valence electrons. The van der Waals surface area contributed by atoms with Crippen molar-refractivity contribution in [2.24, 2.45) is 5.73 Å². The molecule has 2 amide bonds. The summed E-state index contributed by atoms with van der Waals surface area (Å²) in [6, 6.07) is 11.3. The van der Waals surface area contributed by atoms with Crippen LogP contribution in [0.4, 0.5) is 0 Å². The van der Waals surface area contributed by atoms with Crippen molar-refractivity contribution in [3.8, 4) is 0 Å². The quantitative estimate of drug-likeness (QED) is 0.551. The number of amides is 2. The molecule has 0 unspecified atom stereocenters. The lowest BCUT2D eigenvalue weighted by molar-refractivity contribution is 0.0955. The number of aryl methyl sites for hydroxylation is 3. The van der Waals surface area contributed by atoms with E-state index in [1.54, 1.807) is 21.0 Å². The van der Waals surface area contributed by atoms with E-state index in [9.17, 15) is 9.59 Å². The number of hydrogen-bond acceptors (Lipinski definition) is 6. The van der Waals surface area contributed by atoms with Gasteiger partial charge in [0.25, 0.3) is 11.8 Å². The number of nitrogens with two attached hydrogens (primary N) is 1. The van der Waals surface area contributed by atoms with Gasteiger partial charge in [0, 0.05) is 38.2 Å². The third kappa shape index (κ3) is 3.91. The van der Waals surface area contributed by atoms with E-state index in [-0.39, 0.29) is 17.9 Å². The van der Waals surface area contributed by atoms with E-state index in [1.165, 1.54) is 0 Å². The van der Waals surface area contributed by atoms with Gasteiger partial charge in [0.05, 0.1) is 0 Å². The Morgan fingerprint density at radius 1 is 1.00 bits per heavy atom. The van der Waals surface area contributed by atoms with E-state index in [0.29, 0.717) is 42.2 Å². The molecule has 1 aliphatic carbocycles. The standard InChI is InChI=1S/C25H29N5O3/c1-14(26)13-25(24-30-29-15(2)33-24)20-9-7-18(22(31)27-3)11-16(20)5-6-17-12-19(23(32)28-4)8-10-21(17)25/h7-12,14H,5-6,13,26H2,1-4H3,(H,27,31)(H,28,32)/t14-/m0/s1. The number of fused-ring (bicyclic) bond motifs is 2. The van der Waals surface area contributed by atoms with Crippen molar-refractivity contribution in [3.05, 3.63) is 81.6 Å². The minimum Gasteiger partial charge on any atom is -0.424 e. The van der Waals surface area contributed by atoms with Crippen LogP contribution in [0.1, 0.15) is 68.1 Å². The molecule has 33 heavy (non-hydrogen) atoms. The van der Waals surface area contributed by atoms with Crippen molar-refractivity contribution in [1.82, 2.24) is 20.8 Å². The highest BCUT2D eigenvalue weighted by Gasteiger charge is 2.46. The second-order valence-corrected chi connectivity index (χ2v) is 8.62. The maximum atomic E-state index is 12.4. The summed E-state index contributed by atoms with van der Waals surface area (Å²) in [5.74, 6) is 0.633. The molecule has 0 fully saturated rings. The van der Waals surface area contributed by atoms with Gasteiger partial charge in [-0.25, -0.2) is 0 Å². The van der Waals surface area contributed by atoms with Crippen molar-refractivity contribution in [2.45, 2.75) is 44.6 Å². The number of carbonyl (C=O) groups is 2. The van der Waals surface area contributed by atoms with Gasteiger partial charge in [-0.1, -0.05) is 12.1 Å². The molecule has 0 spiro atoms. The van der Waals surface area contributed by atoms with E-state index in [1.807, 2.05) is 43.3 Å². The number of rotatable bonds is 5. The van der Waals surface area contributed by atoms with Crippen LogP contribution in [-0.2, 0) is 18.3 Å². The van der Waals surface area contributed by atoms with Gasteiger partial charge >= 0.3 is 0 Å². The van der Waals surface area contributed by atoms with Crippen molar-refractivity contribution in [1.29, 1.82) is 0 Å². The summed E-state index contributed by atoms with van der Waals surface area (Å²) in [6.45, 7) is 3.71. The van der Waals surface area contributed by atoms with Gasteiger partial charge in [-0.3, -0.25) is 9.59 Å². The van der Waals surface area contributed by atoms with E-state index in [2.05, 4.69) is 20.8 Å². The van der Waals surface area contributed by atoms with Crippen LogP contribution in [0.3, 0.4) is 0 Å². The largest absolute Gasteiger partial charge is 0.424 e. The molecule has 1 aliphatic rings. The molecule has 1 atom stereocenters. The molecule has 3 aromatic rings. The molecular weight excluding hydrogens is 418 g/mol. The highest BCUT2D eigenvalue weighted by molar-refractivity contribution is 5.95. The van der Waals surface area contributed by atoms with Gasteiger partial charge in [0.1, 0.15) is 5.41 Å². The Kier molecular flexibility index (Phi) is 6.03. The SMILES string of the molecule is CNC(=O)c1ccc2c(c1)CCc1cc(C(=O)NC)ccc1C2(C[C@H](C)N)c1nnc(C)o1. The van der Waals surface area contributed by atoms with Crippen LogP contribution in [0.15, 0.2) is 40.8 Å². The predicted molar refractivity (Wildman–Crippen MR) is 124 cm³/mol. The van der Waals surface area contributed by atoms with E-state index >= 15 is 0 Å². The third-order valence-corrected chi connectivity index (χ3v) is 6.29. The van der Waals surface area contributed by atoms with Crippen LogP contribution in [0.5, 0.6) is 0 Å². The molecule has 1 heterocycles. The summed E-state index contributed by atoms with van der Waals surface area (Å²) in [4.78, 5) is 24.7. The molecule has 0 bridgehead atoms. The van der Waals surface area contributed by atoms with Gasteiger partial charge in [0.2, 0.25) is 11.8 Å². The van der Waals surface area contributed by atoms with Gasteiger partial charge in [-0.15, -0.1) is 10.2 Å². The number of carbonyl (C=O) groups excluding carboxylic acids is 2. The third-order valence-electron chi connectivity index (χ3n) is 6.29. The first-order valence-corrected chi connectivity index (χ1v) is 11.1. The topological polar surface area (TPSA) is 123 Å². The fraction of sp³-hybridized carbons (Fsp3) is 0.360. The Bertz CT molecular complexity index is 1150. The number of nitrogens with zero attached hydrogens (tertiary/aromatic N) is 2. The van der Waals surface area contributed by atoms with Crippen molar-refractivity contribution >= 4 is 11.8 Å². The summed E-state index contributed by atoms with van der Waals surface area (Å²) >= 11 is 0. The maximum absolute atomic E-state index is 12.4. The number of benzene rings is 2. The summed E-state index contributed by atoms with van der Waals surface area (Å²) in [5, 5.41) is 14.0. The van der Waals surface area contributed by atoms with Crippen molar-refractivity contribution in [2.75, 3.05) is 14.1 Å². The smallest absolute Gasteiger partial charge is 0.251 e. The van der Waals surface area contributed by atoms with Gasteiger partial charge in [0.15, 0.2) is 0 Å². The highest BCUT2D eigenvalue weighted by atomic mass is 16.4. The van der Waals surface area contributed by atoms with Gasteiger partial charge in [-0.2, -0.15) is 0 Å². The fourth-order valence-electron chi connectivity index (χ4n) is 4.91. The lowest BCUT2D eigenvalue weighted by atomic mass is 9.68. The van der Waals surface area contributed by atoms with E-state index in [4.69, 9.17) is 10.2 Å². The Balaban J connectivity index is 2.04. The van der Waals surface area contributed by atoms with Gasteiger partial charge < -0.3 is 20.8 Å². The summed E-state index contributed by atoms with van der Waals surface area (Å²) in [5.41, 5.74) is 10.8. The molecular formula is C25H29N5O3. The molecule has 0 aliphatic heterocycles. The first-order chi connectivity index (χ1) is 15.8. The van der Waals surface area contributed by atoms with Crippen LogP contribution < -0.4 is 16.4 Å². The second kappa shape index (κ2) is 8.78. The molecule has 2 aromatic carbocycles. The molecule has 1 aromatic heterocycles. The Morgan fingerprint density at radius 2 is 1.52 bits per heavy atom.